The van der Waals surface area contributed by atoms with Crippen molar-refractivity contribution in [2.45, 2.75) is 38.3 Å². The fraction of sp³-hybridized carbons (Fsp3) is 0.500. The van der Waals surface area contributed by atoms with E-state index in [0.717, 1.165) is 12.6 Å². The summed E-state index contributed by atoms with van der Waals surface area (Å²) in [5, 5.41) is 2.79. The lowest BCUT2D eigenvalue weighted by atomic mass is 10.0. The van der Waals surface area contributed by atoms with Gasteiger partial charge in [-0.25, -0.2) is 0 Å². The van der Waals surface area contributed by atoms with Crippen molar-refractivity contribution in [2.75, 3.05) is 26.2 Å². The van der Waals surface area contributed by atoms with E-state index in [1.54, 1.807) is 0 Å². The van der Waals surface area contributed by atoms with Gasteiger partial charge in [0.1, 0.15) is 0 Å². The molecule has 2 heterocycles. The van der Waals surface area contributed by atoms with Crippen LogP contribution in [0.2, 0.25) is 0 Å². The molecule has 0 amide bonds. The summed E-state index contributed by atoms with van der Waals surface area (Å²) in [6.07, 6.45) is 5.53. The summed E-state index contributed by atoms with van der Waals surface area (Å²) in [5.41, 5.74) is 1.48. The maximum atomic E-state index is 2.73. The molecule has 0 aromatic heterocycles. The van der Waals surface area contributed by atoms with Crippen molar-refractivity contribution in [1.82, 2.24) is 9.80 Å². The molecule has 0 atom stereocenters. The van der Waals surface area contributed by atoms with Gasteiger partial charge in [0.2, 0.25) is 0 Å². The molecule has 4 rings (SSSR count). The van der Waals surface area contributed by atoms with Crippen molar-refractivity contribution >= 4 is 10.8 Å². The second kappa shape index (κ2) is 6.39. The minimum absolute atomic E-state index is 0.853. The van der Waals surface area contributed by atoms with Crippen LogP contribution >= 0.6 is 0 Å². The zero-order chi connectivity index (χ0) is 14.8. The van der Waals surface area contributed by atoms with Crippen LogP contribution in [-0.2, 0) is 6.54 Å². The number of benzene rings is 2. The number of likely N-dealkylation sites (tertiary alicyclic amines) is 2. The fourth-order valence-electron chi connectivity index (χ4n) is 4.22. The Hall–Kier alpha value is -1.38. The first-order chi connectivity index (χ1) is 10.9. The lowest BCUT2D eigenvalue weighted by molar-refractivity contribution is 0.123. The smallest absolute Gasteiger partial charge is 0.0239 e. The highest BCUT2D eigenvalue weighted by molar-refractivity contribution is 5.85. The molecule has 0 spiro atoms. The Morgan fingerprint density at radius 2 is 1.55 bits per heavy atom. The quantitative estimate of drug-likeness (QED) is 0.847. The fourth-order valence-corrected chi connectivity index (χ4v) is 4.22. The van der Waals surface area contributed by atoms with Crippen LogP contribution in [0.25, 0.3) is 10.8 Å². The van der Waals surface area contributed by atoms with Gasteiger partial charge in [0.15, 0.2) is 0 Å². The molecule has 0 unspecified atom stereocenters. The summed E-state index contributed by atoms with van der Waals surface area (Å²) in [5.74, 6) is 0. The Labute approximate surface area is 133 Å². The molecule has 2 aliphatic heterocycles. The highest BCUT2D eigenvalue weighted by atomic mass is 15.2. The van der Waals surface area contributed by atoms with Gasteiger partial charge in [-0.1, -0.05) is 42.5 Å². The van der Waals surface area contributed by atoms with Crippen LogP contribution < -0.4 is 0 Å². The van der Waals surface area contributed by atoms with Crippen LogP contribution in [0.15, 0.2) is 42.5 Å². The summed E-state index contributed by atoms with van der Waals surface area (Å²) in [6.45, 7) is 6.30. The number of rotatable bonds is 3. The normalized spacial score (nSPS) is 21.6. The number of fused-ring (bicyclic) bond motifs is 1. The van der Waals surface area contributed by atoms with Crippen LogP contribution in [0.3, 0.4) is 0 Å². The van der Waals surface area contributed by atoms with Gasteiger partial charge in [-0.2, -0.15) is 0 Å². The average molecular weight is 294 g/mol. The Balaban J connectivity index is 1.41. The van der Waals surface area contributed by atoms with Crippen LogP contribution in [0, 0.1) is 0 Å². The van der Waals surface area contributed by atoms with Gasteiger partial charge in [0.05, 0.1) is 0 Å². The summed E-state index contributed by atoms with van der Waals surface area (Å²) in [6, 6.07) is 16.4. The molecular weight excluding hydrogens is 268 g/mol. The monoisotopic (exact) mass is 294 g/mol. The molecule has 0 N–H and O–H groups in total. The lowest BCUT2D eigenvalue weighted by Crippen LogP contribution is -2.43. The molecule has 2 aromatic rings. The zero-order valence-electron chi connectivity index (χ0n) is 13.4. The van der Waals surface area contributed by atoms with Crippen molar-refractivity contribution in [1.29, 1.82) is 0 Å². The van der Waals surface area contributed by atoms with E-state index in [4.69, 9.17) is 0 Å². The largest absolute Gasteiger partial charge is 0.300 e. The third-order valence-corrected chi connectivity index (χ3v) is 5.49. The number of nitrogens with zero attached hydrogens (tertiary/aromatic N) is 2. The predicted octanol–water partition coefficient (Wildman–Crippen LogP) is 3.90. The third-order valence-electron chi connectivity index (χ3n) is 5.49. The Morgan fingerprint density at radius 3 is 2.36 bits per heavy atom. The minimum Gasteiger partial charge on any atom is -0.300 e. The first-order valence-corrected chi connectivity index (χ1v) is 8.83. The standard InChI is InChI=1S/C20H26N2/c1-2-9-20-17(6-1)7-5-8-18(20)16-21-14-10-19(11-15-21)22-12-3-4-13-22/h1-2,5-9,19H,3-4,10-16H2. The van der Waals surface area contributed by atoms with Crippen LogP contribution in [0.1, 0.15) is 31.2 Å². The summed E-state index contributed by atoms with van der Waals surface area (Å²) in [7, 11) is 0. The van der Waals surface area contributed by atoms with Crippen molar-refractivity contribution < 1.29 is 0 Å². The van der Waals surface area contributed by atoms with Gasteiger partial charge in [0, 0.05) is 12.6 Å². The van der Waals surface area contributed by atoms with Crippen molar-refractivity contribution in [3.05, 3.63) is 48.0 Å². The molecule has 0 aliphatic carbocycles. The Bertz CT molecular complexity index is 617. The maximum Gasteiger partial charge on any atom is 0.0239 e. The first kappa shape index (κ1) is 14.2. The topological polar surface area (TPSA) is 6.48 Å². The second-order valence-electron chi connectivity index (χ2n) is 6.89. The Kier molecular flexibility index (Phi) is 4.13. The number of piperidine rings is 1. The van der Waals surface area contributed by atoms with Gasteiger partial charge < -0.3 is 4.90 Å². The molecule has 22 heavy (non-hydrogen) atoms. The summed E-state index contributed by atoms with van der Waals surface area (Å²) >= 11 is 0. The number of hydrogen-bond acceptors (Lipinski definition) is 2. The molecule has 2 aliphatic rings. The summed E-state index contributed by atoms with van der Waals surface area (Å²) in [4.78, 5) is 5.38. The SMILES string of the molecule is c1ccc2c(CN3CCC(N4CCCC4)CC3)cccc2c1. The molecule has 2 saturated heterocycles. The maximum absolute atomic E-state index is 2.73. The summed E-state index contributed by atoms with van der Waals surface area (Å²) < 4.78 is 0. The first-order valence-electron chi connectivity index (χ1n) is 8.83. The molecular formula is C20H26N2. The van der Waals surface area contributed by atoms with Crippen LogP contribution in [0.4, 0.5) is 0 Å². The van der Waals surface area contributed by atoms with E-state index in [0.29, 0.717) is 0 Å². The zero-order valence-corrected chi connectivity index (χ0v) is 13.4. The second-order valence-corrected chi connectivity index (χ2v) is 6.89. The molecule has 2 aromatic carbocycles. The van der Waals surface area contributed by atoms with Crippen LogP contribution in [0.5, 0.6) is 0 Å². The van der Waals surface area contributed by atoms with E-state index < -0.39 is 0 Å². The third kappa shape index (κ3) is 2.90. The molecule has 2 fully saturated rings. The van der Waals surface area contributed by atoms with Crippen LogP contribution in [-0.4, -0.2) is 42.0 Å². The van der Waals surface area contributed by atoms with E-state index in [1.807, 2.05) is 0 Å². The molecule has 0 saturated carbocycles. The molecule has 116 valence electrons. The Morgan fingerprint density at radius 1 is 0.818 bits per heavy atom. The van der Waals surface area contributed by atoms with E-state index in [1.165, 1.54) is 68.2 Å². The van der Waals surface area contributed by atoms with Gasteiger partial charge in [-0.15, -0.1) is 0 Å². The minimum atomic E-state index is 0.853. The van der Waals surface area contributed by atoms with Crippen molar-refractivity contribution in [3.8, 4) is 0 Å². The van der Waals surface area contributed by atoms with Gasteiger partial charge in [0.25, 0.3) is 0 Å². The molecule has 2 nitrogen and oxygen atoms in total. The van der Waals surface area contributed by atoms with E-state index in [-0.39, 0.29) is 0 Å². The van der Waals surface area contributed by atoms with Crippen molar-refractivity contribution in [2.24, 2.45) is 0 Å². The van der Waals surface area contributed by atoms with Gasteiger partial charge >= 0.3 is 0 Å². The molecule has 0 bridgehead atoms. The van der Waals surface area contributed by atoms with E-state index in [2.05, 4.69) is 52.3 Å². The van der Waals surface area contributed by atoms with Crippen molar-refractivity contribution in [3.63, 3.8) is 0 Å². The highest BCUT2D eigenvalue weighted by Gasteiger charge is 2.26. The lowest BCUT2D eigenvalue weighted by Gasteiger charge is -2.36. The molecule has 0 radical (unpaired) electrons. The predicted molar refractivity (Wildman–Crippen MR) is 93.1 cm³/mol. The molecule has 2 heteroatoms. The number of hydrogen-bond donors (Lipinski definition) is 0. The van der Waals surface area contributed by atoms with Gasteiger partial charge in [-0.3, -0.25) is 4.90 Å². The van der Waals surface area contributed by atoms with E-state index in [9.17, 15) is 0 Å². The average Bonchev–Trinajstić information content (AvgIpc) is 3.10. The van der Waals surface area contributed by atoms with E-state index >= 15 is 0 Å². The van der Waals surface area contributed by atoms with Gasteiger partial charge in [-0.05, 0) is 68.2 Å². The highest BCUT2D eigenvalue weighted by Crippen LogP contribution is 2.24.